The van der Waals surface area contributed by atoms with E-state index in [0.29, 0.717) is 17.0 Å². The zero-order valence-electron chi connectivity index (χ0n) is 10.9. The quantitative estimate of drug-likeness (QED) is 0.710. The molecule has 5 heteroatoms. The first-order valence-corrected chi connectivity index (χ1v) is 7.04. The van der Waals surface area contributed by atoms with Crippen molar-refractivity contribution in [2.75, 3.05) is 5.32 Å². The van der Waals surface area contributed by atoms with Crippen LogP contribution in [-0.4, -0.2) is 4.98 Å². The largest absolute Gasteiger partial charge is 0.435 e. The van der Waals surface area contributed by atoms with Crippen LogP contribution in [0.3, 0.4) is 0 Å². The van der Waals surface area contributed by atoms with Gasteiger partial charge in [0.15, 0.2) is 5.58 Å². The van der Waals surface area contributed by atoms with Gasteiger partial charge in [0, 0.05) is 10.7 Å². The molecule has 102 valence electrons. The van der Waals surface area contributed by atoms with Gasteiger partial charge < -0.3 is 9.73 Å². The summed E-state index contributed by atoms with van der Waals surface area (Å²) >= 11 is 3.44. The van der Waals surface area contributed by atoms with E-state index in [2.05, 4.69) is 32.3 Å². The van der Waals surface area contributed by atoms with Crippen molar-refractivity contribution in [3.8, 4) is 6.07 Å². The summed E-state index contributed by atoms with van der Waals surface area (Å²) in [5.74, 6) is 0.304. The normalized spacial score (nSPS) is 11.3. The standard InChI is InChI=1S/C16H10BrN3O/c17-12-5-1-2-6-13(12)19-10-11(9-18)16-20-14-7-3-4-8-15(14)21-16/h1-8,10,19H. The highest BCUT2D eigenvalue weighted by atomic mass is 79.9. The van der Waals surface area contributed by atoms with E-state index < -0.39 is 0 Å². The van der Waals surface area contributed by atoms with E-state index in [1.54, 1.807) is 6.20 Å². The third kappa shape index (κ3) is 2.81. The van der Waals surface area contributed by atoms with Gasteiger partial charge in [-0.15, -0.1) is 0 Å². The summed E-state index contributed by atoms with van der Waals surface area (Å²) in [4.78, 5) is 4.31. The van der Waals surface area contributed by atoms with Gasteiger partial charge in [0.1, 0.15) is 17.2 Å². The molecule has 0 amide bonds. The Morgan fingerprint density at radius 3 is 2.71 bits per heavy atom. The number of rotatable bonds is 3. The Hall–Kier alpha value is -2.58. The number of aromatic nitrogens is 1. The Bertz CT molecular complexity index is 828. The van der Waals surface area contributed by atoms with E-state index in [0.717, 1.165) is 15.7 Å². The first-order valence-electron chi connectivity index (χ1n) is 6.25. The molecule has 2 aromatic carbocycles. The van der Waals surface area contributed by atoms with Crippen molar-refractivity contribution in [3.05, 3.63) is 65.1 Å². The molecule has 21 heavy (non-hydrogen) atoms. The zero-order chi connectivity index (χ0) is 14.7. The van der Waals surface area contributed by atoms with E-state index in [4.69, 9.17) is 4.42 Å². The molecule has 0 atom stereocenters. The number of hydrogen-bond donors (Lipinski definition) is 1. The molecule has 0 aliphatic carbocycles. The highest BCUT2D eigenvalue weighted by Crippen LogP contribution is 2.23. The highest BCUT2D eigenvalue weighted by molar-refractivity contribution is 9.10. The molecule has 0 saturated heterocycles. The molecule has 0 saturated carbocycles. The molecule has 3 rings (SSSR count). The molecule has 0 radical (unpaired) electrons. The van der Waals surface area contributed by atoms with Crippen LogP contribution in [0, 0.1) is 11.3 Å². The fraction of sp³-hybridized carbons (Fsp3) is 0. The maximum Gasteiger partial charge on any atom is 0.239 e. The summed E-state index contributed by atoms with van der Waals surface area (Å²) in [7, 11) is 0. The third-order valence-electron chi connectivity index (χ3n) is 2.89. The van der Waals surface area contributed by atoms with E-state index in [1.165, 1.54) is 0 Å². The van der Waals surface area contributed by atoms with Crippen molar-refractivity contribution >= 4 is 38.3 Å². The minimum Gasteiger partial charge on any atom is -0.435 e. The van der Waals surface area contributed by atoms with Gasteiger partial charge in [-0.1, -0.05) is 24.3 Å². The van der Waals surface area contributed by atoms with Crippen molar-refractivity contribution < 1.29 is 4.42 Å². The molecule has 0 spiro atoms. The summed E-state index contributed by atoms with van der Waals surface area (Å²) in [5.41, 5.74) is 2.59. The van der Waals surface area contributed by atoms with Gasteiger partial charge in [-0.05, 0) is 40.2 Å². The molecule has 0 fully saturated rings. The molecule has 0 aliphatic heterocycles. The van der Waals surface area contributed by atoms with Gasteiger partial charge in [-0.3, -0.25) is 0 Å². The predicted molar refractivity (Wildman–Crippen MR) is 85.4 cm³/mol. The number of hydrogen-bond acceptors (Lipinski definition) is 4. The number of fused-ring (bicyclic) bond motifs is 1. The number of para-hydroxylation sites is 3. The highest BCUT2D eigenvalue weighted by Gasteiger charge is 2.10. The summed E-state index contributed by atoms with van der Waals surface area (Å²) in [5, 5.41) is 12.4. The first kappa shape index (κ1) is 13.4. The number of nitrogens with one attached hydrogen (secondary N) is 1. The van der Waals surface area contributed by atoms with Crippen LogP contribution in [0.1, 0.15) is 5.89 Å². The van der Waals surface area contributed by atoms with Gasteiger partial charge in [-0.2, -0.15) is 5.26 Å². The number of halogens is 1. The molecule has 1 heterocycles. The summed E-state index contributed by atoms with van der Waals surface area (Å²) in [6.45, 7) is 0. The molecule has 0 aliphatic rings. The molecular weight excluding hydrogens is 330 g/mol. The Labute approximate surface area is 129 Å². The molecule has 1 N–H and O–H groups in total. The van der Waals surface area contributed by atoms with Crippen LogP contribution < -0.4 is 5.32 Å². The average molecular weight is 340 g/mol. The second kappa shape index (κ2) is 5.81. The van der Waals surface area contributed by atoms with E-state index in [9.17, 15) is 5.26 Å². The van der Waals surface area contributed by atoms with Crippen molar-refractivity contribution in [1.82, 2.24) is 4.98 Å². The number of anilines is 1. The van der Waals surface area contributed by atoms with Crippen LogP contribution in [0.2, 0.25) is 0 Å². The van der Waals surface area contributed by atoms with Crippen molar-refractivity contribution in [3.63, 3.8) is 0 Å². The lowest BCUT2D eigenvalue weighted by Gasteiger charge is -2.03. The Kier molecular flexibility index (Phi) is 3.71. The summed E-state index contributed by atoms with van der Waals surface area (Å²) in [6.07, 6.45) is 1.59. The van der Waals surface area contributed by atoms with E-state index >= 15 is 0 Å². The molecule has 0 bridgehead atoms. The minimum atomic E-state index is 0.304. The molecule has 1 aromatic heterocycles. The number of nitriles is 1. The van der Waals surface area contributed by atoms with Crippen molar-refractivity contribution in [1.29, 1.82) is 5.26 Å². The first-order chi connectivity index (χ1) is 10.3. The monoisotopic (exact) mass is 339 g/mol. The Balaban J connectivity index is 1.93. The van der Waals surface area contributed by atoms with Gasteiger partial charge in [0.05, 0.1) is 5.69 Å². The van der Waals surface area contributed by atoms with E-state index in [-0.39, 0.29) is 0 Å². The molecule has 4 nitrogen and oxygen atoms in total. The van der Waals surface area contributed by atoms with Gasteiger partial charge >= 0.3 is 0 Å². The number of benzene rings is 2. The lowest BCUT2D eigenvalue weighted by Crippen LogP contribution is -1.92. The van der Waals surface area contributed by atoms with Crippen LogP contribution in [0.15, 0.2) is 63.6 Å². The second-order valence-corrected chi connectivity index (χ2v) is 5.14. The Morgan fingerprint density at radius 1 is 1.19 bits per heavy atom. The maximum absolute atomic E-state index is 9.28. The average Bonchev–Trinajstić information content (AvgIpc) is 2.93. The minimum absolute atomic E-state index is 0.304. The van der Waals surface area contributed by atoms with Crippen molar-refractivity contribution in [2.45, 2.75) is 0 Å². The summed E-state index contributed by atoms with van der Waals surface area (Å²) < 4.78 is 6.50. The van der Waals surface area contributed by atoms with Gasteiger partial charge in [0.2, 0.25) is 5.89 Å². The van der Waals surface area contributed by atoms with Crippen LogP contribution >= 0.6 is 15.9 Å². The second-order valence-electron chi connectivity index (χ2n) is 4.28. The van der Waals surface area contributed by atoms with Crippen LogP contribution in [-0.2, 0) is 0 Å². The maximum atomic E-state index is 9.28. The summed E-state index contributed by atoms with van der Waals surface area (Å²) in [6, 6.07) is 17.2. The van der Waals surface area contributed by atoms with Crippen LogP contribution in [0.4, 0.5) is 5.69 Å². The predicted octanol–water partition coefficient (Wildman–Crippen LogP) is 4.57. The molecule has 3 aromatic rings. The topological polar surface area (TPSA) is 61.9 Å². The third-order valence-corrected chi connectivity index (χ3v) is 3.58. The SMILES string of the molecule is N#CC(=CNc1ccccc1Br)c1nc2ccccc2o1. The lowest BCUT2D eigenvalue weighted by molar-refractivity contribution is 0.586. The van der Waals surface area contributed by atoms with Gasteiger partial charge in [-0.25, -0.2) is 4.98 Å². The smallest absolute Gasteiger partial charge is 0.239 e. The number of oxazole rings is 1. The van der Waals surface area contributed by atoms with Gasteiger partial charge in [0.25, 0.3) is 0 Å². The van der Waals surface area contributed by atoms with E-state index in [1.807, 2.05) is 48.5 Å². The number of nitrogens with zero attached hydrogens (tertiary/aromatic N) is 2. The Morgan fingerprint density at radius 2 is 1.95 bits per heavy atom. The zero-order valence-corrected chi connectivity index (χ0v) is 12.5. The number of allylic oxidation sites excluding steroid dienone is 1. The van der Waals surface area contributed by atoms with Crippen LogP contribution in [0.5, 0.6) is 0 Å². The van der Waals surface area contributed by atoms with Crippen molar-refractivity contribution in [2.24, 2.45) is 0 Å². The lowest BCUT2D eigenvalue weighted by atomic mass is 10.3. The fourth-order valence-corrected chi connectivity index (χ4v) is 2.26. The molecular formula is C16H10BrN3O. The fourth-order valence-electron chi connectivity index (χ4n) is 1.86. The molecule has 0 unspecified atom stereocenters. The van der Waals surface area contributed by atoms with Crippen LogP contribution in [0.25, 0.3) is 16.7 Å².